The van der Waals surface area contributed by atoms with Crippen molar-refractivity contribution in [3.05, 3.63) is 58.9 Å². The van der Waals surface area contributed by atoms with Gasteiger partial charge in [-0.3, -0.25) is 0 Å². The summed E-state index contributed by atoms with van der Waals surface area (Å²) in [7, 11) is 1.50. The van der Waals surface area contributed by atoms with Crippen LogP contribution in [-0.2, 0) is 13.2 Å². The van der Waals surface area contributed by atoms with Gasteiger partial charge in [0.15, 0.2) is 0 Å². The zero-order valence-electron chi connectivity index (χ0n) is 11.5. The van der Waals surface area contributed by atoms with Crippen molar-refractivity contribution in [2.24, 2.45) is 0 Å². The van der Waals surface area contributed by atoms with E-state index in [-0.39, 0.29) is 13.2 Å². The SMILES string of the molecule is COc1ccc(COc2cc(F)cc(CO)c2)cc1C#N. The van der Waals surface area contributed by atoms with Gasteiger partial charge in [0.1, 0.15) is 30.0 Å². The molecule has 0 fully saturated rings. The number of aliphatic hydroxyl groups is 1. The summed E-state index contributed by atoms with van der Waals surface area (Å²) in [6, 6.07) is 11.2. The average Bonchev–Trinajstić information content (AvgIpc) is 2.52. The highest BCUT2D eigenvalue weighted by molar-refractivity contribution is 5.45. The van der Waals surface area contributed by atoms with Crippen molar-refractivity contribution in [3.63, 3.8) is 0 Å². The number of halogens is 1. The van der Waals surface area contributed by atoms with Crippen molar-refractivity contribution in [2.75, 3.05) is 7.11 Å². The largest absolute Gasteiger partial charge is 0.495 e. The minimum Gasteiger partial charge on any atom is -0.495 e. The predicted molar refractivity (Wildman–Crippen MR) is 74.4 cm³/mol. The summed E-state index contributed by atoms with van der Waals surface area (Å²) >= 11 is 0. The van der Waals surface area contributed by atoms with Crippen LogP contribution in [0, 0.1) is 17.1 Å². The predicted octanol–water partition coefficient (Wildman–Crippen LogP) is 2.78. The number of benzene rings is 2. The van der Waals surface area contributed by atoms with Gasteiger partial charge >= 0.3 is 0 Å². The monoisotopic (exact) mass is 287 g/mol. The van der Waals surface area contributed by atoms with Gasteiger partial charge in [-0.05, 0) is 35.4 Å². The lowest BCUT2D eigenvalue weighted by Gasteiger charge is -2.09. The molecule has 2 aromatic carbocycles. The molecular formula is C16H14FNO3. The molecule has 0 unspecified atom stereocenters. The van der Waals surface area contributed by atoms with Gasteiger partial charge in [-0.15, -0.1) is 0 Å². The first-order chi connectivity index (χ1) is 10.2. The molecule has 0 atom stereocenters. The first-order valence-electron chi connectivity index (χ1n) is 6.26. The topological polar surface area (TPSA) is 62.5 Å². The smallest absolute Gasteiger partial charge is 0.136 e. The molecule has 21 heavy (non-hydrogen) atoms. The van der Waals surface area contributed by atoms with Crippen LogP contribution < -0.4 is 9.47 Å². The number of rotatable bonds is 5. The van der Waals surface area contributed by atoms with Crippen LogP contribution in [0.2, 0.25) is 0 Å². The normalized spacial score (nSPS) is 10.0. The van der Waals surface area contributed by atoms with Gasteiger partial charge in [0.25, 0.3) is 0 Å². The maximum Gasteiger partial charge on any atom is 0.136 e. The Morgan fingerprint density at radius 1 is 1.19 bits per heavy atom. The molecule has 0 aliphatic heterocycles. The molecule has 5 heteroatoms. The summed E-state index contributed by atoms with van der Waals surface area (Å²) in [6.07, 6.45) is 0. The third kappa shape index (κ3) is 3.71. The molecule has 0 saturated heterocycles. The molecule has 4 nitrogen and oxygen atoms in total. The van der Waals surface area contributed by atoms with Crippen LogP contribution >= 0.6 is 0 Å². The van der Waals surface area contributed by atoms with Gasteiger partial charge in [0, 0.05) is 6.07 Å². The Bertz CT molecular complexity index is 680. The molecular weight excluding hydrogens is 273 g/mol. The Labute approximate surface area is 122 Å². The van der Waals surface area contributed by atoms with Crippen LogP contribution in [0.4, 0.5) is 4.39 Å². The zero-order valence-corrected chi connectivity index (χ0v) is 11.5. The summed E-state index contributed by atoms with van der Waals surface area (Å²) in [5, 5.41) is 18.0. The zero-order chi connectivity index (χ0) is 15.2. The molecule has 0 heterocycles. The lowest BCUT2D eigenvalue weighted by molar-refractivity contribution is 0.276. The molecule has 2 aromatic rings. The lowest BCUT2D eigenvalue weighted by Crippen LogP contribution is -1.98. The highest BCUT2D eigenvalue weighted by Crippen LogP contribution is 2.21. The lowest BCUT2D eigenvalue weighted by atomic mass is 10.1. The van der Waals surface area contributed by atoms with E-state index in [9.17, 15) is 4.39 Å². The fourth-order valence-corrected chi connectivity index (χ4v) is 1.89. The van der Waals surface area contributed by atoms with Gasteiger partial charge < -0.3 is 14.6 Å². The summed E-state index contributed by atoms with van der Waals surface area (Å²) in [4.78, 5) is 0. The molecule has 108 valence electrons. The first kappa shape index (κ1) is 14.8. The summed E-state index contributed by atoms with van der Waals surface area (Å²) in [5.74, 6) is 0.354. The number of hydrogen-bond acceptors (Lipinski definition) is 4. The molecule has 0 aliphatic rings. The number of ether oxygens (including phenoxy) is 2. The number of methoxy groups -OCH3 is 1. The van der Waals surface area contributed by atoms with Gasteiger partial charge in [-0.1, -0.05) is 6.07 Å². The van der Waals surface area contributed by atoms with Crippen molar-refractivity contribution >= 4 is 0 Å². The maximum absolute atomic E-state index is 13.3. The van der Waals surface area contributed by atoms with E-state index in [4.69, 9.17) is 19.8 Å². The van der Waals surface area contributed by atoms with E-state index in [0.29, 0.717) is 22.6 Å². The molecule has 1 N–H and O–H groups in total. The highest BCUT2D eigenvalue weighted by Gasteiger charge is 2.06. The van der Waals surface area contributed by atoms with Gasteiger partial charge in [0.2, 0.25) is 0 Å². The fourth-order valence-electron chi connectivity index (χ4n) is 1.89. The second-order valence-corrected chi connectivity index (χ2v) is 4.39. The summed E-state index contributed by atoms with van der Waals surface area (Å²) in [5.41, 5.74) is 1.62. The van der Waals surface area contributed by atoms with E-state index in [0.717, 1.165) is 5.56 Å². The Morgan fingerprint density at radius 3 is 2.67 bits per heavy atom. The van der Waals surface area contributed by atoms with Crippen LogP contribution in [0.5, 0.6) is 11.5 Å². The van der Waals surface area contributed by atoms with E-state index in [1.165, 1.54) is 19.2 Å². The average molecular weight is 287 g/mol. The minimum absolute atomic E-state index is 0.187. The standard InChI is InChI=1S/C16H14FNO3/c1-20-16-3-2-11(4-13(16)8-18)10-21-15-6-12(9-19)5-14(17)7-15/h2-7,19H,9-10H2,1H3. The minimum atomic E-state index is -0.469. The maximum atomic E-state index is 13.3. The van der Waals surface area contributed by atoms with E-state index >= 15 is 0 Å². The highest BCUT2D eigenvalue weighted by atomic mass is 19.1. The Kier molecular flexibility index (Phi) is 4.75. The second-order valence-electron chi connectivity index (χ2n) is 4.39. The molecule has 0 aromatic heterocycles. The quantitative estimate of drug-likeness (QED) is 0.918. The van der Waals surface area contributed by atoms with E-state index in [1.807, 2.05) is 6.07 Å². The number of nitriles is 1. The molecule has 0 saturated carbocycles. The van der Waals surface area contributed by atoms with Crippen LogP contribution in [0.25, 0.3) is 0 Å². The molecule has 0 radical (unpaired) electrons. The van der Waals surface area contributed by atoms with Gasteiger partial charge in [-0.25, -0.2) is 4.39 Å². The van der Waals surface area contributed by atoms with Gasteiger partial charge in [-0.2, -0.15) is 5.26 Å². The number of nitrogens with zero attached hydrogens (tertiary/aromatic N) is 1. The molecule has 0 amide bonds. The van der Waals surface area contributed by atoms with E-state index < -0.39 is 5.82 Å². The van der Waals surface area contributed by atoms with E-state index in [1.54, 1.807) is 24.3 Å². The second kappa shape index (κ2) is 6.73. The van der Waals surface area contributed by atoms with Crippen LogP contribution in [0.15, 0.2) is 36.4 Å². The number of hydrogen-bond donors (Lipinski definition) is 1. The van der Waals surface area contributed by atoms with Crippen molar-refractivity contribution in [3.8, 4) is 17.6 Å². The van der Waals surface area contributed by atoms with Crippen molar-refractivity contribution in [1.29, 1.82) is 5.26 Å². The third-order valence-corrected chi connectivity index (χ3v) is 2.90. The van der Waals surface area contributed by atoms with Gasteiger partial charge in [0.05, 0.1) is 19.3 Å². The molecule has 0 bridgehead atoms. The first-order valence-corrected chi connectivity index (χ1v) is 6.26. The third-order valence-electron chi connectivity index (χ3n) is 2.90. The van der Waals surface area contributed by atoms with Crippen LogP contribution in [0.1, 0.15) is 16.7 Å². The van der Waals surface area contributed by atoms with Crippen LogP contribution in [-0.4, -0.2) is 12.2 Å². The van der Waals surface area contributed by atoms with Crippen LogP contribution in [0.3, 0.4) is 0 Å². The molecule has 2 rings (SSSR count). The Balaban J connectivity index is 2.13. The Hall–Kier alpha value is -2.58. The van der Waals surface area contributed by atoms with E-state index in [2.05, 4.69) is 0 Å². The van der Waals surface area contributed by atoms with Crippen molar-refractivity contribution in [1.82, 2.24) is 0 Å². The van der Waals surface area contributed by atoms with Crippen molar-refractivity contribution < 1.29 is 19.0 Å². The van der Waals surface area contributed by atoms with Crippen molar-refractivity contribution in [2.45, 2.75) is 13.2 Å². The fraction of sp³-hybridized carbons (Fsp3) is 0.188. The molecule has 0 spiro atoms. The number of aliphatic hydroxyl groups excluding tert-OH is 1. The summed E-state index contributed by atoms with van der Waals surface area (Å²) in [6.45, 7) is -0.0672. The Morgan fingerprint density at radius 2 is 2.00 bits per heavy atom. The summed E-state index contributed by atoms with van der Waals surface area (Å²) < 4.78 is 23.9. The molecule has 0 aliphatic carbocycles.